The van der Waals surface area contributed by atoms with Gasteiger partial charge < -0.3 is 4.74 Å². The molecular formula is C15H23BrO. The number of halogens is 1. The van der Waals surface area contributed by atoms with Gasteiger partial charge in [-0.25, -0.2) is 0 Å². The van der Waals surface area contributed by atoms with Crippen molar-refractivity contribution in [2.75, 3.05) is 7.11 Å². The summed E-state index contributed by atoms with van der Waals surface area (Å²) in [5.41, 5.74) is 3.81. The van der Waals surface area contributed by atoms with Crippen molar-refractivity contribution in [3.05, 3.63) is 28.8 Å². The first-order valence-corrected chi connectivity index (χ1v) is 7.25. The van der Waals surface area contributed by atoms with Crippen molar-refractivity contribution in [3.63, 3.8) is 0 Å². The number of hydrogen-bond acceptors (Lipinski definition) is 1. The molecule has 0 bridgehead atoms. The third-order valence-corrected chi connectivity index (χ3v) is 4.74. The summed E-state index contributed by atoms with van der Waals surface area (Å²) in [4.78, 5) is 0.445. The van der Waals surface area contributed by atoms with Gasteiger partial charge in [0.05, 0.1) is 7.11 Å². The van der Waals surface area contributed by atoms with Crippen molar-refractivity contribution >= 4 is 15.9 Å². The Bertz CT molecular complexity index is 346. The average Bonchev–Trinajstić information content (AvgIpc) is 2.30. The van der Waals surface area contributed by atoms with Gasteiger partial charge in [-0.05, 0) is 36.5 Å². The summed E-state index contributed by atoms with van der Waals surface area (Å²) in [5.74, 6) is 1.71. The minimum Gasteiger partial charge on any atom is -0.496 e. The molecule has 0 aliphatic heterocycles. The first kappa shape index (κ1) is 14.6. The molecule has 0 saturated heterocycles. The summed E-state index contributed by atoms with van der Waals surface area (Å²) < 4.78 is 5.41. The Kier molecular flexibility index (Phi) is 5.51. The lowest BCUT2D eigenvalue weighted by Crippen LogP contribution is -2.06. The normalized spacial score (nSPS) is 12.9. The maximum absolute atomic E-state index is 5.41. The topological polar surface area (TPSA) is 9.23 Å². The highest BCUT2D eigenvalue weighted by Crippen LogP contribution is 2.37. The van der Waals surface area contributed by atoms with E-state index < -0.39 is 0 Å². The molecule has 1 aromatic carbocycles. The largest absolute Gasteiger partial charge is 0.496 e. The number of ether oxygens (including phenoxy) is 1. The number of rotatable bonds is 5. The van der Waals surface area contributed by atoms with E-state index in [9.17, 15) is 0 Å². The molecule has 1 unspecified atom stereocenters. The zero-order valence-corrected chi connectivity index (χ0v) is 13.1. The first-order chi connectivity index (χ1) is 8.04. The van der Waals surface area contributed by atoms with Gasteiger partial charge in [0, 0.05) is 4.83 Å². The quantitative estimate of drug-likeness (QED) is 0.680. The zero-order chi connectivity index (χ0) is 13.0. The van der Waals surface area contributed by atoms with E-state index in [1.165, 1.54) is 29.5 Å². The Balaban J connectivity index is 3.07. The molecule has 0 aliphatic rings. The zero-order valence-electron chi connectivity index (χ0n) is 11.5. The molecule has 0 spiro atoms. The highest BCUT2D eigenvalue weighted by Gasteiger charge is 2.19. The van der Waals surface area contributed by atoms with Crippen molar-refractivity contribution in [1.82, 2.24) is 0 Å². The summed E-state index contributed by atoms with van der Waals surface area (Å²) in [6, 6.07) is 4.48. The summed E-state index contributed by atoms with van der Waals surface area (Å²) >= 11 is 3.85. The molecule has 0 aromatic heterocycles. The number of aryl methyl sites for hydroxylation is 2. The van der Waals surface area contributed by atoms with Crippen LogP contribution in [0.3, 0.4) is 0 Å². The van der Waals surface area contributed by atoms with Crippen LogP contribution in [0, 0.1) is 19.8 Å². The Morgan fingerprint density at radius 2 is 1.59 bits per heavy atom. The smallest absolute Gasteiger partial charge is 0.124 e. The van der Waals surface area contributed by atoms with Gasteiger partial charge in [-0.1, -0.05) is 54.8 Å². The summed E-state index contributed by atoms with van der Waals surface area (Å²) in [6.07, 6.45) is 2.41. The third-order valence-electron chi connectivity index (χ3n) is 3.47. The van der Waals surface area contributed by atoms with E-state index in [0.29, 0.717) is 10.7 Å². The number of methoxy groups -OCH3 is 1. The van der Waals surface area contributed by atoms with Crippen LogP contribution in [0.2, 0.25) is 0 Å². The van der Waals surface area contributed by atoms with Gasteiger partial charge in [0.2, 0.25) is 0 Å². The van der Waals surface area contributed by atoms with Crippen LogP contribution in [-0.4, -0.2) is 7.11 Å². The highest BCUT2D eigenvalue weighted by atomic mass is 79.9. The van der Waals surface area contributed by atoms with Crippen molar-refractivity contribution in [3.8, 4) is 5.75 Å². The molecule has 1 nitrogen and oxygen atoms in total. The van der Waals surface area contributed by atoms with Gasteiger partial charge in [0.25, 0.3) is 0 Å². The fraction of sp³-hybridized carbons (Fsp3) is 0.600. The first-order valence-electron chi connectivity index (χ1n) is 6.34. The van der Waals surface area contributed by atoms with Gasteiger partial charge in [-0.2, -0.15) is 0 Å². The molecule has 2 heteroatoms. The lowest BCUT2D eigenvalue weighted by atomic mass is 9.92. The van der Waals surface area contributed by atoms with Crippen molar-refractivity contribution in [1.29, 1.82) is 0 Å². The predicted octanol–water partition coefficient (Wildman–Crippen LogP) is 5.18. The molecule has 1 rings (SSSR count). The molecule has 0 N–H and O–H groups in total. The predicted molar refractivity (Wildman–Crippen MR) is 78.2 cm³/mol. The second kappa shape index (κ2) is 6.44. The lowest BCUT2D eigenvalue weighted by molar-refractivity contribution is 0.408. The van der Waals surface area contributed by atoms with E-state index in [0.717, 1.165) is 5.75 Å². The Morgan fingerprint density at radius 1 is 1.12 bits per heavy atom. The fourth-order valence-electron chi connectivity index (χ4n) is 2.44. The molecule has 17 heavy (non-hydrogen) atoms. The molecule has 1 aromatic rings. The molecule has 0 fully saturated rings. The molecule has 0 saturated carbocycles. The minimum absolute atomic E-state index is 0.445. The van der Waals surface area contributed by atoms with Crippen molar-refractivity contribution in [2.45, 2.75) is 45.4 Å². The van der Waals surface area contributed by atoms with Crippen LogP contribution in [-0.2, 0) is 0 Å². The second-order valence-corrected chi connectivity index (χ2v) is 5.65. The maximum Gasteiger partial charge on any atom is 0.124 e. The van der Waals surface area contributed by atoms with Crippen LogP contribution in [0.4, 0.5) is 0 Å². The van der Waals surface area contributed by atoms with Crippen LogP contribution in [0.1, 0.15) is 48.2 Å². The van der Waals surface area contributed by atoms with E-state index >= 15 is 0 Å². The van der Waals surface area contributed by atoms with Crippen molar-refractivity contribution < 1.29 is 4.74 Å². The van der Waals surface area contributed by atoms with Gasteiger partial charge in [0.1, 0.15) is 5.75 Å². The van der Waals surface area contributed by atoms with Gasteiger partial charge in [-0.3, -0.25) is 0 Å². The Morgan fingerprint density at radius 3 is 1.94 bits per heavy atom. The van der Waals surface area contributed by atoms with Gasteiger partial charge in [0.15, 0.2) is 0 Å². The molecular weight excluding hydrogens is 276 g/mol. The second-order valence-electron chi connectivity index (χ2n) is 4.67. The van der Waals surface area contributed by atoms with E-state index in [1.54, 1.807) is 7.11 Å². The van der Waals surface area contributed by atoms with Crippen molar-refractivity contribution in [2.24, 2.45) is 5.92 Å². The molecule has 0 aliphatic carbocycles. The molecule has 0 heterocycles. The standard InChI is InChI=1S/C15H23BrO/c1-6-12(7-2)14(16)13-8-10(3)15(17-5)11(4)9-13/h8-9,12,14H,6-7H2,1-5H3. The summed E-state index contributed by atoms with van der Waals surface area (Å²) in [7, 11) is 1.74. The van der Waals surface area contributed by atoms with Crippen LogP contribution >= 0.6 is 15.9 Å². The van der Waals surface area contributed by atoms with Gasteiger partial charge >= 0.3 is 0 Å². The Hall–Kier alpha value is -0.500. The summed E-state index contributed by atoms with van der Waals surface area (Å²) in [6.45, 7) is 8.74. The van der Waals surface area contributed by atoms with E-state index in [-0.39, 0.29) is 0 Å². The Labute approximate surface area is 114 Å². The molecule has 0 radical (unpaired) electrons. The monoisotopic (exact) mass is 298 g/mol. The van der Waals surface area contributed by atoms with Crippen LogP contribution < -0.4 is 4.74 Å². The highest BCUT2D eigenvalue weighted by molar-refractivity contribution is 9.09. The maximum atomic E-state index is 5.41. The number of benzene rings is 1. The van der Waals surface area contributed by atoms with E-state index in [2.05, 4.69) is 55.8 Å². The minimum atomic E-state index is 0.445. The van der Waals surface area contributed by atoms with Crippen LogP contribution in [0.25, 0.3) is 0 Å². The van der Waals surface area contributed by atoms with E-state index in [4.69, 9.17) is 4.74 Å². The molecule has 0 amide bonds. The van der Waals surface area contributed by atoms with Gasteiger partial charge in [-0.15, -0.1) is 0 Å². The lowest BCUT2D eigenvalue weighted by Gasteiger charge is -2.21. The third kappa shape index (κ3) is 3.25. The number of alkyl halides is 1. The average molecular weight is 299 g/mol. The summed E-state index contributed by atoms with van der Waals surface area (Å²) in [5, 5.41) is 0. The number of hydrogen-bond donors (Lipinski definition) is 0. The SMILES string of the molecule is CCC(CC)C(Br)c1cc(C)c(OC)c(C)c1. The van der Waals surface area contributed by atoms with Crippen LogP contribution in [0.5, 0.6) is 5.75 Å². The molecule has 96 valence electrons. The van der Waals surface area contributed by atoms with E-state index in [1.807, 2.05) is 0 Å². The van der Waals surface area contributed by atoms with Crippen LogP contribution in [0.15, 0.2) is 12.1 Å². The fourth-order valence-corrected chi connectivity index (χ4v) is 3.45. The molecule has 1 atom stereocenters.